The number of rotatable bonds is 7. The standard InChI is InChI=1S/C32H29NO6/c34-19-21-10-13-26(28(16-21)31-37-14-15-38-31)27(25-12-11-22-6-4-5-9-24(22)17-25)18-30(35)33-29(20-39-32(33)36)23-7-2-1-3-8-23/h1-13,16-17,27,29,31,34H,14-15,18-20H2/t27-,29-/m0/s1. The average Bonchev–Trinajstić information content (AvgIpc) is 3.66. The van der Waals surface area contributed by atoms with Crippen molar-refractivity contribution in [2.45, 2.75) is 31.3 Å². The first-order chi connectivity index (χ1) is 19.1. The number of carbonyl (C=O) groups excluding carboxylic acids is 2. The molecule has 6 rings (SSSR count). The third kappa shape index (κ3) is 5.04. The van der Waals surface area contributed by atoms with E-state index in [1.54, 1.807) is 0 Å². The Hall–Kier alpha value is -4.04. The van der Waals surface area contributed by atoms with Gasteiger partial charge in [-0.15, -0.1) is 0 Å². The van der Waals surface area contributed by atoms with Crippen molar-refractivity contribution in [2.75, 3.05) is 19.8 Å². The van der Waals surface area contributed by atoms with Crippen LogP contribution in [-0.2, 0) is 25.6 Å². The zero-order chi connectivity index (χ0) is 26.8. The number of aliphatic hydroxyl groups is 1. The highest BCUT2D eigenvalue weighted by Crippen LogP contribution is 2.39. The minimum Gasteiger partial charge on any atom is -0.446 e. The summed E-state index contributed by atoms with van der Waals surface area (Å²) in [7, 11) is 0. The molecule has 2 aliphatic heterocycles. The Morgan fingerprint density at radius 1 is 0.897 bits per heavy atom. The van der Waals surface area contributed by atoms with Crippen molar-refractivity contribution < 1.29 is 28.9 Å². The van der Waals surface area contributed by atoms with Gasteiger partial charge in [-0.2, -0.15) is 0 Å². The van der Waals surface area contributed by atoms with E-state index >= 15 is 0 Å². The highest BCUT2D eigenvalue weighted by Gasteiger charge is 2.40. The fraction of sp³-hybridized carbons (Fsp3) is 0.250. The van der Waals surface area contributed by atoms with Gasteiger partial charge in [0, 0.05) is 17.9 Å². The molecule has 2 aliphatic rings. The maximum absolute atomic E-state index is 13.9. The molecule has 39 heavy (non-hydrogen) atoms. The van der Waals surface area contributed by atoms with Crippen LogP contribution in [0.2, 0.25) is 0 Å². The molecule has 2 fully saturated rings. The van der Waals surface area contributed by atoms with Gasteiger partial charge in [0.1, 0.15) is 12.6 Å². The van der Waals surface area contributed by atoms with E-state index < -0.39 is 24.3 Å². The highest BCUT2D eigenvalue weighted by molar-refractivity contribution is 5.94. The van der Waals surface area contributed by atoms with E-state index in [1.807, 2.05) is 84.9 Å². The van der Waals surface area contributed by atoms with Crippen molar-refractivity contribution in [3.63, 3.8) is 0 Å². The molecule has 2 amide bonds. The smallest absolute Gasteiger partial charge is 0.417 e. The number of hydrogen-bond acceptors (Lipinski definition) is 6. The maximum Gasteiger partial charge on any atom is 0.417 e. The largest absolute Gasteiger partial charge is 0.446 e. The van der Waals surface area contributed by atoms with Crippen LogP contribution in [0.5, 0.6) is 0 Å². The zero-order valence-electron chi connectivity index (χ0n) is 21.4. The first-order valence-electron chi connectivity index (χ1n) is 13.1. The van der Waals surface area contributed by atoms with Gasteiger partial charge >= 0.3 is 6.09 Å². The van der Waals surface area contributed by atoms with Gasteiger partial charge in [0.2, 0.25) is 5.91 Å². The Morgan fingerprint density at radius 2 is 1.64 bits per heavy atom. The molecule has 2 heterocycles. The lowest BCUT2D eigenvalue weighted by molar-refractivity contribution is -0.129. The van der Waals surface area contributed by atoms with Gasteiger partial charge in [-0.05, 0) is 39.1 Å². The Balaban J connectivity index is 1.43. The van der Waals surface area contributed by atoms with Gasteiger partial charge in [0.25, 0.3) is 0 Å². The number of benzene rings is 4. The summed E-state index contributed by atoms with van der Waals surface area (Å²) >= 11 is 0. The summed E-state index contributed by atoms with van der Waals surface area (Å²) in [5.74, 6) is -0.725. The van der Waals surface area contributed by atoms with Crippen LogP contribution < -0.4 is 0 Å². The lowest BCUT2D eigenvalue weighted by atomic mass is 9.83. The highest BCUT2D eigenvalue weighted by atomic mass is 16.7. The van der Waals surface area contributed by atoms with Crippen LogP contribution in [0.15, 0.2) is 91.0 Å². The Morgan fingerprint density at radius 3 is 2.41 bits per heavy atom. The molecule has 1 N–H and O–H groups in total. The Kier molecular flexibility index (Phi) is 7.11. The molecular weight excluding hydrogens is 494 g/mol. The first-order valence-corrected chi connectivity index (χ1v) is 13.1. The average molecular weight is 524 g/mol. The van der Waals surface area contributed by atoms with Crippen molar-refractivity contribution in [1.29, 1.82) is 0 Å². The normalized spacial score (nSPS) is 18.4. The SMILES string of the molecule is O=C(C[C@@H](c1ccc2ccccc2c1)c1ccc(CO)cc1C1OCCO1)N1C(=O)OC[C@H]1c1ccccc1. The fourth-order valence-corrected chi connectivity index (χ4v) is 5.50. The van der Waals surface area contributed by atoms with E-state index in [4.69, 9.17) is 14.2 Å². The third-order valence-electron chi connectivity index (χ3n) is 7.47. The molecule has 2 saturated heterocycles. The molecule has 198 valence electrons. The molecule has 4 aromatic carbocycles. The molecule has 4 aromatic rings. The van der Waals surface area contributed by atoms with Crippen molar-refractivity contribution in [2.24, 2.45) is 0 Å². The number of imide groups is 1. The summed E-state index contributed by atoms with van der Waals surface area (Å²) < 4.78 is 17.1. The summed E-state index contributed by atoms with van der Waals surface area (Å²) in [5.41, 5.74) is 4.13. The number of fused-ring (bicyclic) bond motifs is 1. The minimum atomic E-state index is -0.635. The monoisotopic (exact) mass is 523 g/mol. The van der Waals surface area contributed by atoms with Crippen LogP contribution in [0.1, 0.15) is 52.5 Å². The van der Waals surface area contributed by atoms with Crippen molar-refractivity contribution >= 4 is 22.8 Å². The lowest BCUT2D eigenvalue weighted by Crippen LogP contribution is -2.35. The molecule has 0 unspecified atom stereocenters. The lowest BCUT2D eigenvalue weighted by Gasteiger charge is -2.26. The van der Waals surface area contributed by atoms with E-state index in [0.717, 1.165) is 38.6 Å². The quantitative estimate of drug-likeness (QED) is 0.339. The van der Waals surface area contributed by atoms with Gasteiger partial charge in [0.15, 0.2) is 6.29 Å². The van der Waals surface area contributed by atoms with Crippen LogP contribution in [0.3, 0.4) is 0 Å². The topological polar surface area (TPSA) is 85.3 Å². The summed E-state index contributed by atoms with van der Waals surface area (Å²) in [4.78, 5) is 28.0. The van der Waals surface area contributed by atoms with Crippen LogP contribution in [0, 0.1) is 0 Å². The van der Waals surface area contributed by atoms with E-state index in [9.17, 15) is 14.7 Å². The van der Waals surface area contributed by atoms with E-state index in [-0.39, 0.29) is 25.5 Å². The van der Waals surface area contributed by atoms with Crippen LogP contribution in [0.25, 0.3) is 10.8 Å². The van der Waals surface area contributed by atoms with Gasteiger partial charge < -0.3 is 19.3 Å². The summed E-state index contributed by atoms with van der Waals surface area (Å²) in [6.07, 6.45) is -1.20. The number of nitrogens with zero attached hydrogens (tertiary/aromatic N) is 1. The number of aliphatic hydroxyl groups excluding tert-OH is 1. The Labute approximate surface area is 226 Å². The number of cyclic esters (lactones) is 1. The predicted molar refractivity (Wildman–Crippen MR) is 145 cm³/mol. The molecule has 2 atom stereocenters. The van der Waals surface area contributed by atoms with Crippen molar-refractivity contribution in [3.05, 3.63) is 119 Å². The Bertz CT molecular complexity index is 1500. The molecule has 0 spiro atoms. The van der Waals surface area contributed by atoms with Gasteiger partial charge in [0.05, 0.1) is 19.8 Å². The van der Waals surface area contributed by atoms with E-state index in [0.29, 0.717) is 13.2 Å². The molecule has 0 bridgehead atoms. The van der Waals surface area contributed by atoms with Gasteiger partial charge in [-0.3, -0.25) is 4.79 Å². The van der Waals surface area contributed by atoms with Crippen LogP contribution in [0.4, 0.5) is 4.79 Å². The molecular formula is C32H29NO6. The summed E-state index contributed by atoms with van der Waals surface area (Å²) in [6, 6.07) is 28.9. The second-order valence-corrected chi connectivity index (χ2v) is 9.83. The van der Waals surface area contributed by atoms with Crippen LogP contribution >= 0.6 is 0 Å². The van der Waals surface area contributed by atoms with Crippen molar-refractivity contribution in [3.8, 4) is 0 Å². The first kappa shape index (κ1) is 25.2. The van der Waals surface area contributed by atoms with E-state index in [2.05, 4.69) is 6.07 Å². The number of amides is 2. The molecule has 7 heteroatoms. The fourth-order valence-electron chi connectivity index (χ4n) is 5.50. The van der Waals surface area contributed by atoms with Crippen LogP contribution in [-0.4, -0.2) is 41.8 Å². The molecule has 0 aromatic heterocycles. The number of carbonyl (C=O) groups is 2. The second-order valence-electron chi connectivity index (χ2n) is 9.83. The van der Waals surface area contributed by atoms with Gasteiger partial charge in [-0.25, -0.2) is 9.69 Å². The van der Waals surface area contributed by atoms with Gasteiger partial charge in [-0.1, -0.05) is 84.9 Å². The molecule has 0 aliphatic carbocycles. The zero-order valence-corrected chi connectivity index (χ0v) is 21.4. The summed E-state index contributed by atoms with van der Waals surface area (Å²) in [5, 5.41) is 12.0. The van der Waals surface area contributed by atoms with Crippen molar-refractivity contribution in [1.82, 2.24) is 4.90 Å². The maximum atomic E-state index is 13.9. The molecule has 7 nitrogen and oxygen atoms in total. The number of hydrogen-bond donors (Lipinski definition) is 1. The minimum absolute atomic E-state index is 0.0367. The third-order valence-corrected chi connectivity index (χ3v) is 7.47. The second kappa shape index (κ2) is 11.0. The summed E-state index contributed by atoms with van der Waals surface area (Å²) in [6.45, 7) is 0.921. The molecule has 0 radical (unpaired) electrons. The van der Waals surface area contributed by atoms with E-state index in [1.165, 1.54) is 4.90 Å². The number of ether oxygens (including phenoxy) is 3. The molecule has 0 saturated carbocycles. The predicted octanol–water partition coefficient (Wildman–Crippen LogP) is 5.62.